The minimum absolute atomic E-state index is 0.281. The van der Waals surface area contributed by atoms with E-state index in [1.54, 1.807) is 0 Å². The van der Waals surface area contributed by atoms with Crippen LogP contribution in [0.25, 0.3) is 11.1 Å². The van der Waals surface area contributed by atoms with Crippen LogP contribution in [-0.2, 0) is 11.3 Å². The first kappa shape index (κ1) is 29.4. The number of rotatable bonds is 11. The van der Waals surface area contributed by atoms with E-state index in [1.807, 2.05) is 75.5 Å². The smallest absolute Gasteiger partial charge is 0.407 e. The molecule has 0 spiro atoms. The highest BCUT2D eigenvalue weighted by Gasteiger charge is 2.16. The van der Waals surface area contributed by atoms with E-state index in [2.05, 4.69) is 65.8 Å². The van der Waals surface area contributed by atoms with Crippen molar-refractivity contribution in [2.45, 2.75) is 46.3 Å². The molecule has 6 nitrogen and oxygen atoms in total. The molecule has 1 aromatic heterocycles. The number of aromatic nitrogens is 1. The summed E-state index contributed by atoms with van der Waals surface area (Å²) in [7, 11) is 0. The van der Waals surface area contributed by atoms with E-state index >= 15 is 0 Å². The van der Waals surface area contributed by atoms with Crippen LogP contribution in [0.15, 0.2) is 103 Å². The molecule has 1 amide bonds. The normalized spacial score (nSPS) is 11.8. The summed E-state index contributed by atoms with van der Waals surface area (Å²) in [6, 6.07) is 32.7. The first-order valence-corrected chi connectivity index (χ1v) is 13.9. The zero-order chi connectivity index (χ0) is 29.1. The molecule has 212 valence electrons. The molecule has 0 saturated heterocycles. The fourth-order valence-electron chi connectivity index (χ4n) is 4.37. The van der Waals surface area contributed by atoms with Crippen LogP contribution in [0, 0.1) is 0 Å². The zero-order valence-electron chi connectivity index (χ0n) is 24.2. The molecule has 0 aliphatic rings. The maximum Gasteiger partial charge on any atom is 0.407 e. The zero-order valence-corrected chi connectivity index (χ0v) is 24.2. The lowest BCUT2D eigenvalue weighted by molar-refractivity contribution is 0.0520. The Labute approximate surface area is 243 Å². The molecule has 0 radical (unpaired) electrons. The number of pyridine rings is 1. The summed E-state index contributed by atoms with van der Waals surface area (Å²) in [6.07, 6.45) is 2.22. The number of ether oxygens (including phenoxy) is 3. The van der Waals surface area contributed by atoms with Crippen LogP contribution in [0.5, 0.6) is 11.6 Å². The lowest BCUT2D eigenvalue weighted by atomic mass is 9.89. The van der Waals surface area contributed by atoms with Gasteiger partial charge in [-0.05, 0) is 73.2 Å². The largest absolute Gasteiger partial charge is 0.489 e. The first-order valence-electron chi connectivity index (χ1n) is 13.9. The van der Waals surface area contributed by atoms with Gasteiger partial charge in [-0.2, -0.15) is 0 Å². The summed E-state index contributed by atoms with van der Waals surface area (Å²) < 4.78 is 17.0. The highest BCUT2D eigenvalue weighted by Crippen LogP contribution is 2.35. The second-order valence-electron chi connectivity index (χ2n) is 10.5. The van der Waals surface area contributed by atoms with Gasteiger partial charge in [0.1, 0.15) is 24.6 Å². The van der Waals surface area contributed by atoms with Gasteiger partial charge in [-0.25, -0.2) is 9.78 Å². The van der Waals surface area contributed by atoms with E-state index in [9.17, 15) is 4.79 Å². The van der Waals surface area contributed by atoms with Crippen LogP contribution in [0.2, 0.25) is 0 Å². The van der Waals surface area contributed by atoms with Crippen molar-refractivity contribution in [3.63, 3.8) is 0 Å². The third kappa shape index (κ3) is 8.97. The van der Waals surface area contributed by atoms with Crippen molar-refractivity contribution in [3.05, 3.63) is 126 Å². The number of alkyl carbamates (subject to hydrolysis) is 1. The summed E-state index contributed by atoms with van der Waals surface area (Å²) in [5, 5.41) is 2.69. The Bertz CT molecular complexity index is 1410. The fraction of sp³-hybridized carbons (Fsp3) is 0.257. The highest BCUT2D eigenvalue weighted by atomic mass is 16.6. The lowest BCUT2D eigenvalue weighted by Gasteiger charge is -2.19. The number of hydrogen-bond donors (Lipinski definition) is 1. The van der Waals surface area contributed by atoms with Gasteiger partial charge >= 0.3 is 6.09 Å². The van der Waals surface area contributed by atoms with E-state index < -0.39 is 11.7 Å². The minimum atomic E-state index is -0.542. The number of carbonyl (C=O) groups is 1. The Hall–Kier alpha value is -4.58. The third-order valence-electron chi connectivity index (χ3n) is 6.21. The van der Waals surface area contributed by atoms with Crippen LogP contribution in [0.3, 0.4) is 0 Å². The number of benzene rings is 3. The van der Waals surface area contributed by atoms with E-state index in [1.165, 1.54) is 11.1 Å². The molecule has 0 bridgehead atoms. The fourth-order valence-corrected chi connectivity index (χ4v) is 4.37. The standard InChI is InChI=1S/C35H38N2O4/c1-5-31(27-14-10-7-11-15-27)33(28-16-19-30(20-17-28)40-25-26-12-8-6-9-13-26)29-18-21-32(37-24-29)39-23-22-36-34(38)41-35(2,3)4/h6-21,24H,5,22-23,25H2,1-4H3,(H,36,38)/b33-31-. The molecule has 1 heterocycles. The number of hydrogen-bond acceptors (Lipinski definition) is 5. The second-order valence-corrected chi connectivity index (χ2v) is 10.5. The Kier molecular flexibility index (Phi) is 10.2. The molecule has 0 aliphatic carbocycles. The molecule has 6 heteroatoms. The summed E-state index contributed by atoms with van der Waals surface area (Å²) in [5.41, 5.74) is 6.16. The average Bonchev–Trinajstić information content (AvgIpc) is 2.98. The molecule has 3 aromatic carbocycles. The van der Waals surface area contributed by atoms with Gasteiger partial charge in [0.15, 0.2) is 0 Å². The van der Waals surface area contributed by atoms with Crippen LogP contribution >= 0.6 is 0 Å². The molecule has 0 fully saturated rings. The monoisotopic (exact) mass is 550 g/mol. The summed E-state index contributed by atoms with van der Waals surface area (Å²) >= 11 is 0. The van der Waals surface area contributed by atoms with Crippen LogP contribution in [0.1, 0.15) is 56.4 Å². The Morgan fingerprint density at radius 1 is 0.780 bits per heavy atom. The number of allylic oxidation sites excluding steroid dienone is 1. The Morgan fingerprint density at radius 3 is 2.05 bits per heavy atom. The van der Waals surface area contributed by atoms with Crippen molar-refractivity contribution in [3.8, 4) is 11.6 Å². The maximum atomic E-state index is 11.8. The third-order valence-corrected chi connectivity index (χ3v) is 6.21. The quantitative estimate of drug-likeness (QED) is 0.152. The van der Waals surface area contributed by atoms with E-state index in [-0.39, 0.29) is 6.61 Å². The van der Waals surface area contributed by atoms with Crippen LogP contribution < -0.4 is 14.8 Å². The first-order chi connectivity index (χ1) is 19.8. The van der Waals surface area contributed by atoms with E-state index in [0.29, 0.717) is 19.0 Å². The molecular weight excluding hydrogens is 512 g/mol. The maximum absolute atomic E-state index is 11.8. The van der Waals surface area contributed by atoms with Gasteiger partial charge in [-0.3, -0.25) is 0 Å². The number of nitrogens with one attached hydrogen (secondary N) is 1. The Morgan fingerprint density at radius 2 is 1.44 bits per heavy atom. The van der Waals surface area contributed by atoms with Gasteiger partial charge in [0.05, 0.1) is 6.54 Å². The van der Waals surface area contributed by atoms with Crippen molar-refractivity contribution >= 4 is 17.2 Å². The van der Waals surface area contributed by atoms with Crippen molar-refractivity contribution in [1.82, 2.24) is 10.3 Å². The SMILES string of the molecule is CC/C(=C(\c1ccc(OCc2ccccc2)cc1)c1ccc(OCCNC(=O)OC(C)(C)C)nc1)c1ccccc1. The summed E-state index contributed by atoms with van der Waals surface area (Å²) in [5.74, 6) is 1.30. The van der Waals surface area contributed by atoms with Gasteiger partial charge in [-0.1, -0.05) is 79.7 Å². The minimum Gasteiger partial charge on any atom is -0.489 e. The van der Waals surface area contributed by atoms with Gasteiger partial charge in [-0.15, -0.1) is 0 Å². The van der Waals surface area contributed by atoms with Crippen LogP contribution in [0.4, 0.5) is 4.79 Å². The van der Waals surface area contributed by atoms with Gasteiger partial charge < -0.3 is 19.5 Å². The van der Waals surface area contributed by atoms with Crippen molar-refractivity contribution in [1.29, 1.82) is 0 Å². The molecule has 0 unspecified atom stereocenters. The van der Waals surface area contributed by atoms with Crippen molar-refractivity contribution in [2.24, 2.45) is 0 Å². The van der Waals surface area contributed by atoms with Gasteiger partial charge in [0.25, 0.3) is 0 Å². The summed E-state index contributed by atoms with van der Waals surface area (Å²) in [6.45, 7) is 8.76. The topological polar surface area (TPSA) is 69.7 Å². The average molecular weight is 551 g/mol. The molecule has 0 aliphatic heterocycles. The molecular formula is C35H38N2O4. The van der Waals surface area contributed by atoms with Crippen molar-refractivity contribution in [2.75, 3.05) is 13.2 Å². The van der Waals surface area contributed by atoms with Crippen LogP contribution in [-0.4, -0.2) is 29.8 Å². The van der Waals surface area contributed by atoms with Crippen molar-refractivity contribution < 1.29 is 19.0 Å². The molecule has 0 saturated carbocycles. The number of carbonyl (C=O) groups excluding carboxylic acids is 1. The predicted octanol–water partition coefficient (Wildman–Crippen LogP) is 7.93. The van der Waals surface area contributed by atoms with E-state index in [0.717, 1.165) is 34.4 Å². The number of amides is 1. The lowest BCUT2D eigenvalue weighted by Crippen LogP contribution is -2.34. The molecule has 0 atom stereocenters. The molecule has 1 N–H and O–H groups in total. The second kappa shape index (κ2) is 14.2. The molecule has 41 heavy (non-hydrogen) atoms. The van der Waals surface area contributed by atoms with Gasteiger partial charge in [0, 0.05) is 17.8 Å². The molecule has 4 rings (SSSR count). The highest BCUT2D eigenvalue weighted by molar-refractivity contribution is 5.98. The molecule has 4 aromatic rings. The Balaban J connectivity index is 1.51. The predicted molar refractivity (Wildman–Crippen MR) is 164 cm³/mol. The summed E-state index contributed by atoms with van der Waals surface area (Å²) in [4.78, 5) is 16.4. The van der Waals surface area contributed by atoms with E-state index in [4.69, 9.17) is 14.2 Å². The number of nitrogens with zero attached hydrogens (tertiary/aromatic N) is 1. The van der Waals surface area contributed by atoms with Gasteiger partial charge in [0.2, 0.25) is 5.88 Å².